The van der Waals surface area contributed by atoms with Gasteiger partial charge in [0.05, 0.1) is 0 Å². The van der Waals surface area contributed by atoms with Gasteiger partial charge >= 0.3 is 0 Å². The number of ether oxygens (including phenoxy) is 2. The summed E-state index contributed by atoms with van der Waals surface area (Å²) in [6.45, 7) is 13.1. The topological polar surface area (TPSA) is 35.5 Å². The molecule has 2 aliphatic carbocycles. The monoisotopic (exact) mass is 350 g/mol. The van der Waals surface area contributed by atoms with Gasteiger partial charge < -0.3 is 14.3 Å². The van der Waals surface area contributed by atoms with Gasteiger partial charge in [-0.05, 0) is 74.5 Å². The van der Waals surface area contributed by atoms with Gasteiger partial charge in [-0.15, -0.1) is 0 Å². The summed E-state index contributed by atoms with van der Waals surface area (Å²) in [4.78, 5) is 11.7. The molecule has 0 radical (unpaired) electrons. The summed E-state index contributed by atoms with van der Waals surface area (Å²) in [7, 11) is 3.45. The molecule has 5 unspecified atom stereocenters. The lowest BCUT2D eigenvalue weighted by Gasteiger charge is -2.56. The fourth-order valence-corrected chi connectivity index (χ4v) is 6.24. The fraction of sp³-hybridized carbons (Fsp3) is 0.864. The smallest absolute Gasteiger partial charge is 0.157 e. The van der Waals surface area contributed by atoms with Crippen LogP contribution in [-0.2, 0) is 14.3 Å². The van der Waals surface area contributed by atoms with Crippen molar-refractivity contribution < 1.29 is 14.3 Å². The van der Waals surface area contributed by atoms with Crippen molar-refractivity contribution in [2.75, 3.05) is 14.2 Å². The summed E-state index contributed by atoms with van der Waals surface area (Å²) in [6.07, 6.45) is 7.35. The van der Waals surface area contributed by atoms with Gasteiger partial charge in [0.2, 0.25) is 0 Å². The predicted molar refractivity (Wildman–Crippen MR) is 102 cm³/mol. The van der Waals surface area contributed by atoms with Crippen molar-refractivity contribution in [3.8, 4) is 0 Å². The van der Waals surface area contributed by atoms with Gasteiger partial charge in [0.1, 0.15) is 5.78 Å². The first-order chi connectivity index (χ1) is 11.7. The molecule has 0 aliphatic heterocycles. The predicted octanol–water partition coefficient (Wildman–Crippen LogP) is 5.39. The van der Waals surface area contributed by atoms with Gasteiger partial charge in [0.15, 0.2) is 6.29 Å². The number of Topliss-reactive ketones (excluding diaryl/α,β-unsaturated/α-hetero) is 1. The fourth-order valence-electron chi connectivity index (χ4n) is 6.24. The Labute approximate surface area is 154 Å². The van der Waals surface area contributed by atoms with E-state index in [2.05, 4.69) is 27.4 Å². The van der Waals surface area contributed by atoms with Crippen LogP contribution in [0.2, 0.25) is 0 Å². The highest BCUT2D eigenvalue weighted by Crippen LogP contribution is 2.65. The standard InChI is InChI=1S/C22H38O3/c1-15(2)17-10-13-22(5)18(17)11-12-21(4,14-20(24-6)25-7)19(22)9-8-16(3)23/h17-20H,1,8-14H2,2-7H3. The number of ketones is 1. The van der Waals surface area contributed by atoms with Crippen LogP contribution in [0, 0.1) is 28.6 Å². The zero-order valence-corrected chi connectivity index (χ0v) is 17.2. The molecule has 0 aromatic rings. The van der Waals surface area contributed by atoms with Gasteiger partial charge in [-0.25, -0.2) is 0 Å². The molecule has 3 nitrogen and oxygen atoms in total. The highest BCUT2D eigenvalue weighted by molar-refractivity contribution is 5.75. The van der Waals surface area contributed by atoms with Gasteiger partial charge in [0.25, 0.3) is 0 Å². The second-order valence-electron chi connectivity index (χ2n) is 9.19. The van der Waals surface area contributed by atoms with E-state index in [0.717, 1.165) is 12.8 Å². The third-order valence-electron chi connectivity index (χ3n) is 7.57. The Balaban J connectivity index is 2.32. The molecule has 144 valence electrons. The number of allylic oxidation sites excluding steroid dienone is 1. The lowest BCUT2D eigenvalue weighted by atomic mass is 9.49. The molecular formula is C22H38O3. The number of rotatable bonds is 8. The minimum Gasteiger partial charge on any atom is -0.356 e. The zero-order valence-electron chi connectivity index (χ0n) is 17.2. The summed E-state index contributed by atoms with van der Waals surface area (Å²) >= 11 is 0. The number of carbonyl (C=O) groups excluding carboxylic acids is 1. The SMILES string of the molecule is C=C(C)C1CCC2(C)C1CCC(C)(CC(OC)OC)C2CCC(C)=O. The molecule has 3 heteroatoms. The van der Waals surface area contributed by atoms with Crippen LogP contribution in [0.5, 0.6) is 0 Å². The van der Waals surface area contributed by atoms with Crippen molar-refractivity contribution in [2.24, 2.45) is 28.6 Å². The first-order valence-corrected chi connectivity index (χ1v) is 9.88. The first kappa shape index (κ1) is 20.6. The molecule has 0 saturated heterocycles. The molecule has 0 aromatic heterocycles. The van der Waals surface area contributed by atoms with Gasteiger partial charge in [-0.3, -0.25) is 0 Å². The van der Waals surface area contributed by atoms with E-state index in [0.29, 0.717) is 30.0 Å². The first-order valence-electron chi connectivity index (χ1n) is 9.88. The molecule has 0 heterocycles. The van der Waals surface area contributed by atoms with Crippen LogP contribution in [0.15, 0.2) is 12.2 Å². The van der Waals surface area contributed by atoms with E-state index in [9.17, 15) is 4.79 Å². The van der Waals surface area contributed by atoms with E-state index in [1.807, 2.05) is 0 Å². The van der Waals surface area contributed by atoms with Crippen LogP contribution in [0.1, 0.15) is 72.6 Å². The Bertz CT molecular complexity index is 496. The van der Waals surface area contributed by atoms with Crippen molar-refractivity contribution in [2.45, 2.75) is 78.9 Å². The van der Waals surface area contributed by atoms with Crippen molar-refractivity contribution in [3.05, 3.63) is 12.2 Å². The Morgan fingerprint density at radius 1 is 1.16 bits per heavy atom. The maximum atomic E-state index is 11.7. The third kappa shape index (κ3) is 4.03. The molecule has 0 aromatic carbocycles. The van der Waals surface area contributed by atoms with E-state index in [1.165, 1.54) is 31.3 Å². The van der Waals surface area contributed by atoms with Gasteiger partial charge in [0, 0.05) is 27.1 Å². The highest BCUT2D eigenvalue weighted by Gasteiger charge is 2.57. The van der Waals surface area contributed by atoms with Crippen LogP contribution in [0.3, 0.4) is 0 Å². The average Bonchev–Trinajstić information content (AvgIpc) is 2.88. The van der Waals surface area contributed by atoms with Crippen LogP contribution in [-0.4, -0.2) is 26.3 Å². The average molecular weight is 351 g/mol. The Morgan fingerprint density at radius 3 is 2.32 bits per heavy atom. The van der Waals surface area contributed by atoms with Crippen molar-refractivity contribution in [3.63, 3.8) is 0 Å². The molecule has 2 fully saturated rings. The Hall–Kier alpha value is -0.670. The van der Waals surface area contributed by atoms with Gasteiger partial charge in [-0.1, -0.05) is 26.0 Å². The summed E-state index contributed by atoms with van der Waals surface area (Å²) in [5.74, 6) is 2.19. The van der Waals surface area contributed by atoms with Crippen LogP contribution < -0.4 is 0 Å². The third-order valence-corrected chi connectivity index (χ3v) is 7.57. The minimum atomic E-state index is -0.164. The molecule has 2 aliphatic rings. The zero-order chi connectivity index (χ0) is 18.8. The number of methoxy groups -OCH3 is 2. The van der Waals surface area contributed by atoms with E-state index in [-0.39, 0.29) is 17.1 Å². The van der Waals surface area contributed by atoms with Crippen molar-refractivity contribution in [1.29, 1.82) is 0 Å². The molecule has 0 amide bonds. The Kier molecular flexibility index (Phi) is 6.54. The molecule has 0 N–H and O–H groups in total. The maximum absolute atomic E-state index is 11.7. The normalized spacial score (nSPS) is 38.0. The quantitative estimate of drug-likeness (QED) is 0.435. The van der Waals surface area contributed by atoms with Crippen LogP contribution >= 0.6 is 0 Å². The molecule has 0 bridgehead atoms. The lowest BCUT2D eigenvalue weighted by Crippen LogP contribution is -2.49. The maximum Gasteiger partial charge on any atom is 0.157 e. The van der Waals surface area contributed by atoms with E-state index >= 15 is 0 Å². The molecular weight excluding hydrogens is 312 g/mol. The second kappa shape index (κ2) is 7.92. The summed E-state index contributed by atoms with van der Waals surface area (Å²) in [5, 5.41) is 0. The lowest BCUT2D eigenvalue weighted by molar-refractivity contribution is -0.155. The van der Waals surface area contributed by atoms with Crippen LogP contribution in [0.25, 0.3) is 0 Å². The number of hydrogen-bond donors (Lipinski definition) is 0. The molecule has 5 atom stereocenters. The second-order valence-corrected chi connectivity index (χ2v) is 9.19. The molecule has 0 spiro atoms. The van der Waals surface area contributed by atoms with Crippen molar-refractivity contribution in [1.82, 2.24) is 0 Å². The minimum absolute atomic E-state index is 0.154. The summed E-state index contributed by atoms with van der Waals surface area (Å²) in [6, 6.07) is 0. The number of hydrogen-bond acceptors (Lipinski definition) is 3. The van der Waals surface area contributed by atoms with Crippen LogP contribution in [0.4, 0.5) is 0 Å². The van der Waals surface area contributed by atoms with E-state index in [1.54, 1.807) is 21.1 Å². The van der Waals surface area contributed by atoms with Gasteiger partial charge in [-0.2, -0.15) is 0 Å². The molecule has 2 saturated carbocycles. The number of carbonyl (C=O) groups is 1. The van der Waals surface area contributed by atoms with E-state index in [4.69, 9.17) is 9.47 Å². The molecule has 2 rings (SSSR count). The summed E-state index contributed by atoms with van der Waals surface area (Å²) < 4.78 is 11.1. The van der Waals surface area contributed by atoms with E-state index < -0.39 is 0 Å². The summed E-state index contributed by atoms with van der Waals surface area (Å²) in [5.41, 5.74) is 1.79. The molecule has 25 heavy (non-hydrogen) atoms. The highest BCUT2D eigenvalue weighted by atomic mass is 16.7. The van der Waals surface area contributed by atoms with Crippen molar-refractivity contribution >= 4 is 5.78 Å². The largest absolute Gasteiger partial charge is 0.356 e. The number of fused-ring (bicyclic) bond motifs is 1. The Morgan fingerprint density at radius 2 is 1.80 bits per heavy atom.